The van der Waals surface area contributed by atoms with Crippen LogP contribution >= 0.6 is 39.1 Å². The normalized spacial score (nSPS) is 15.6. The van der Waals surface area contributed by atoms with Gasteiger partial charge in [0, 0.05) is 37.9 Å². The Morgan fingerprint density at radius 2 is 2.11 bits per heavy atom. The summed E-state index contributed by atoms with van der Waals surface area (Å²) >= 11 is 15.4. The van der Waals surface area contributed by atoms with Gasteiger partial charge in [-0.25, -0.2) is 4.98 Å². The molecule has 3 heterocycles. The Balaban J connectivity index is 1.60. The van der Waals surface area contributed by atoms with Crippen molar-refractivity contribution >= 4 is 44.9 Å². The fourth-order valence-electron chi connectivity index (χ4n) is 2.20. The standard InChI is InChI=1S/C12H11BrCl2N4/c13-9-2-17-19(7-9)6-8-4-18(5-8)12-11(15)1-10(14)3-16-12/h1-3,7-8H,4-6H2. The van der Waals surface area contributed by atoms with Gasteiger partial charge in [0.2, 0.25) is 0 Å². The highest BCUT2D eigenvalue weighted by atomic mass is 79.9. The van der Waals surface area contributed by atoms with Crippen molar-refractivity contribution in [1.29, 1.82) is 0 Å². The average molecular weight is 362 g/mol. The first-order valence-electron chi connectivity index (χ1n) is 5.86. The maximum Gasteiger partial charge on any atom is 0.147 e. The SMILES string of the molecule is Clc1cnc(N2CC(Cn3cc(Br)cn3)C2)c(Cl)c1. The fraction of sp³-hybridized carbons (Fsp3) is 0.333. The second-order valence-corrected chi connectivity index (χ2v) is 6.37. The van der Waals surface area contributed by atoms with Crippen molar-refractivity contribution in [2.24, 2.45) is 5.92 Å². The lowest BCUT2D eigenvalue weighted by molar-refractivity contribution is 0.340. The summed E-state index contributed by atoms with van der Waals surface area (Å²) in [7, 11) is 0. The number of nitrogens with zero attached hydrogens (tertiary/aromatic N) is 4. The van der Waals surface area contributed by atoms with Crippen molar-refractivity contribution in [2.45, 2.75) is 6.54 Å². The van der Waals surface area contributed by atoms with Gasteiger partial charge in [-0.3, -0.25) is 4.68 Å². The van der Waals surface area contributed by atoms with Crippen molar-refractivity contribution in [1.82, 2.24) is 14.8 Å². The molecule has 1 aliphatic rings. The Bertz CT molecular complexity index is 595. The Kier molecular flexibility index (Phi) is 3.69. The van der Waals surface area contributed by atoms with E-state index in [0.717, 1.165) is 29.9 Å². The summed E-state index contributed by atoms with van der Waals surface area (Å²) in [4.78, 5) is 6.43. The number of anilines is 1. The number of hydrogen-bond donors (Lipinski definition) is 0. The Labute approximate surface area is 129 Å². The van der Waals surface area contributed by atoms with Crippen LogP contribution in [0.1, 0.15) is 0 Å². The largest absolute Gasteiger partial charge is 0.355 e. The van der Waals surface area contributed by atoms with Crippen LogP contribution in [0.25, 0.3) is 0 Å². The summed E-state index contributed by atoms with van der Waals surface area (Å²) in [6.45, 7) is 2.78. The Hall–Kier alpha value is -0.780. The van der Waals surface area contributed by atoms with E-state index in [0.29, 0.717) is 16.0 Å². The van der Waals surface area contributed by atoms with Crippen LogP contribution in [0.15, 0.2) is 29.1 Å². The monoisotopic (exact) mass is 360 g/mol. The molecule has 0 atom stereocenters. The first-order chi connectivity index (χ1) is 9.11. The summed E-state index contributed by atoms with van der Waals surface area (Å²) in [5, 5.41) is 5.42. The minimum atomic E-state index is 0.562. The zero-order chi connectivity index (χ0) is 13.4. The van der Waals surface area contributed by atoms with Gasteiger partial charge in [0.05, 0.1) is 20.7 Å². The van der Waals surface area contributed by atoms with Gasteiger partial charge in [-0.2, -0.15) is 5.10 Å². The molecule has 0 bridgehead atoms. The molecule has 0 aromatic carbocycles. The Morgan fingerprint density at radius 3 is 2.74 bits per heavy atom. The third-order valence-electron chi connectivity index (χ3n) is 3.09. The number of rotatable bonds is 3. The van der Waals surface area contributed by atoms with Crippen molar-refractivity contribution in [2.75, 3.05) is 18.0 Å². The third kappa shape index (κ3) is 2.88. The zero-order valence-corrected chi connectivity index (χ0v) is 13.0. The molecule has 19 heavy (non-hydrogen) atoms. The van der Waals surface area contributed by atoms with Crippen molar-refractivity contribution in [3.8, 4) is 0 Å². The van der Waals surface area contributed by atoms with Gasteiger partial charge in [0.15, 0.2) is 0 Å². The molecule has 1 fully saturated rings. The lowest BCUT2D eigenvalue weighted by atomic mass is 10.0. The molecule has 100 valence electrons. The van der Waals surface area contributed by atoms with Crippen LogP contribution in [0.2, 0.25) is 10.0 Å². The van der Waals surface area contributed by atoms with E-state index in [1.54, 1.807) is 18.5 Å². The van der Waals surface area contributed by atoms with E-state index in [2.05, 4.69) is 30.9 Å². The van der Waals surface area contributed by atoms with E-state index < -0.39 is 0 Å². The van der Waals surface area contributed by atoms with Crippen LogP contribution in [0.5, 0.6) is 0 Å². The van der Waals surface area contributed by atoms with Gasteiger partial charge in [-0.05, 0) is 22.0 Å². The molecule has 0 N–H and O–H groups in total. The van der Waals surface area contributed by atoms with E-state index in [1.165, 1.54) is 0 Å². The smallest absolute Gasteiger partial charge is 0.147 e. The maximum atomic E-state index is 6.14. The minimum Gasteiger partial charge on any atom is -0.355 e. The van der Waals surface area contributed by atoms with Gasteiger partial charge < -0.3 is 4.90 Å². The number of halogens is 3. The fourth-order valence-corrected chi connectivity index (χ4v) is 3.03. The molecular weight excluding hydrogens is 351 g/mol. The third-order valence-corrected chi connectivity index (χ3v) is 3.99. The van der Waals surface area contributed by atoms with Crippen LogP contribution in [0.3, 0.4) is 0 Å². The highest BCUT2D eigenvalue weighted by molar-refractivity contribution is 9.10. The number of aromatic nitrogens is 3. The zero-order valence-electron chi connectivity index (χ0n) is 9.93. The molecule has 3 rings (SSSR count). The van der Waals surface area contributed by atoms with E-state index >= 15 is 0 Å². The molecule has 0 amide bonds. The van der Waals surface area contributed by atoms with Crippen molar-refractivity contribution in [3.63, 3.8) is 0 Å². The first kappa shape index (κ1) is 13.2. The van der Waals surface area contributed by atoms with Crippen molar-refractivity contribution < 1.29 is 0 Å². The lowest BCUT2D eigenvalue weighted by Gasteiger charge is -2.40. The highest BCUT2D eigenvalue weighted by Crippen LogP contribution is 2.31. The van der Waals surface area contributed by atoms with E-state index in [1.807, 2.05) is 10.9 Å². The van der Waals surface area contributed by atoms with Gasteiger partial charge in [0.25, 0.3) is 0 Å². The van der Waals surface area contributed by atoms with E-state index in [9.17, 15) is 0 Å². The predicted octanol–water partition coefficient (Wildman–Crippen LogP) is 3.48. The summed E-state index contributed by atoms with van der Waals surface area (Å²) in [6, 6.07) is 1.73. The van der Waals surface area contributed by atoms with Crippen LogP contribution in [0, 0.1) is 5.92 Å². The van der Waals surface area contributed by atoms with Gasteiger partial charge in [-0.15, -0.1) is 0 Å². The molecule has 0 unspecified atom stereocenters. The number of hydrogen-bond acceptors (Lipinski definition) is 3. The molecule has 0 saturated carbocycles. The van der Waals surface area contributed by atoms with E-state index in [-0.39, 0.29) is 0 Å². The molecule has 2 aromatic rings. The molecule has 2 aromatic heterocycles. The molecule has 0 aliphatic carbocycles. The second-order valence-electron chi connectivity index (χ2n) is 4.61. The summed E-state index contributed by atoms with van der Waals surface area (Å²) in [5.41, 5.74) is 0. The summed E-state index contributed by atoms with van der Waals surface area (Å²) in [6.07, 6.45) is 5.41. The number of pyridine rings is 1. The predicted molar refractivity (Wildman–Crippen MR) is 79.9 cm³/mol. The first-order valence-corrected chi connectivity index (χ1v) is 7.40. The topological polar surface area (TPSA) is 34.0 Å². The molecule has 0 radical (unpaired) electrons. The molecule has 1 saturated heterocycles. The summed E-state index contributed by atoms with van der Waals surface area (Å²) in [5.74, 6) is 1.38. The van der Waals surface area contributed by atoms with Crippen LogP contribution < -0.4 is 4.90 Å². The average Bonchev–Trinajstić information content (AvgIpc) is 2.70. The summed E-state index contributed by atoms with van der Waals surface area (Å²) < 4.78 is 2.95. The second kappa shape index (κ2) is 5.31. The van der Waals surface area contributed by atoms with Gasteiger partial charge in [0.1, 0.15) is 5.82 Å². The van der Waals surface area contributed by atoms with Crippen LogP contribution in [-0.4, -0.2) is 27.9 Å². The van der Waals surface area contributed by atoms with Crippen LogP contribution in [-0.2, 0) is 6.54 Å². The maximum absolute atomic E-state index is 6.14. The van der Waals surface area contributed by atoms with Gasteiger partial charge in [-0.1, -0.05) is 23.2 Å². The molecule has 7 heteroatoms. The molecule has 4 nitrogen and oxygen atoms in total. The minimum absolute atomic E-state index is 0.562. The Morgan fingerprint density at radius 1 is 1.32 bits per heavy atom. The quantitative estimate of drug-likeness (QED) is 0.839. The van der Waals surface area contributed by atoms with E-state index in [4.69, 9.17) is 23.2 Å². The van der Waals surface area contributed by atoms with Crippen molar-refractivity contribution in [3.05, 3.63) is 39.2 Å². The molecule has 1 aliphatic heterocycles. The van der Waals surface area contributed by atoms with Crippen LogP contribution in [0.4, 0.5) is 5.82 Å². The molecular formula is C12H11BrCl2N4. The highest BCUT2D eigenvalue weighted by Gasteiger charge is 2.29. The van der Waals surface area contributed by atoms with Gasteiger partial charge >= 0.3 is 0 Å². The molecule has 0 spiro atoms. The lowest BCUT2D eigenvalue weighted by Crippen LogP contribution is -2.49.